The molecule has 0 N–H and O–H groups in total. The molecule has 2 aromatic carbocycles. The monoisotopic (exact) mass is 335 g/mol. The van der Waals surface area contributed by atoms with E-state index in [1.165, 1.54) is 49.9 Å². The van der Waals surface area contributed by atoms with Crippen molar-refractivity contribution in [3.05, 3.63) is 71.8 Å². The van der Waals surface area contributed by atoms with Gasteiger partial charge in [0.15, 0.2) is 0 Å². The first-order valence-corrected chi connectivity index (χ1v) is 9.78. The van der Waals surface area contributed by atoms with Crippen molar-refractivity contribution in [1.29, 1.82) is 0 Å². The summed E-state index contributed by atoms with van der Waals surface area (Å²) in [5, 5.41) is 0. The summed E-state index contributed by atoms with van der Waals surface area (Å²) in [6.45, 7) is 4.39. The minimum absolute atomic E-state index is 0.493. The van der Waals surface area contributed by atoms with Crippen molar-refractivity contribution in [3.63, 3.8) is 0 Å². The zero-order chi connectivity index (χ0) is 16.9. The fraction of sp³-hybridized carbons (Fsp3) is 0.478. The van der Waals surface area contributed by atoms with Crippen LogP contribution in [-0.4, -0.2) is 24.1 Å². The topological polar surface area (TPSA) is 12.5 Å². The van der Waals surface area contributed by atoms with E-state index in [1.807, 2.05) is 0 Å². The van der Waals surface area contributed by atoms with Crippen LogP contribution < -0.4 is 0 Å². The Morgan fingerprint density at radius 2 is 1.36 bits per heavy atom. The van der Waals surface area contributed by atoms with Crippen LogP contribution >= 0.6 is 0 Å². The predicted molar refractivity (Wildman–Crippen MR) is 102 cm³/mol. The third-order valence-corrected chi connectivity index (χ3v) is 6.01. The third kappa shape index (κ3) is 4.50. The molecular weight excluding hydrogens is 306 g/mol. The maximum Gasteiger partial charge on any atom is 0.0720 e. The molecule has 1 heterocycles. The number of likely N-dealkylation sites (tertiary alicyclic amines) is 1. The van der Waals surface area contributed by atoms with E-state index in [9.17, 15) is 0 Å². The zero-order valence-corrected chi connectivity index (χ0v) is 15.0. The first-order chi connectivity index (χ1) is 12.4. The van der Waals surface area contributed by atoms with Gasteiger partial charge in [-0.15, -0.1) is 0 Å². The van der Waals surface area contributed by atoms with Gasteiger partial charge >= 0.3 is 0 Å². The highest BCUT2D eigenvalue weighted by Gasteiger charge is 2.36. The smallest absolute Gasteiger partial charge is 0.0720 e. The summed E-state index contributed by atoms with van der Waals surface area (Å²) in [7, 11) is 0. The second-order valence-electron chi connectivity index (χ2n) is 7.75. The number of hydrogen-bond donors (Lipinski definition) is 0. The normalized spacial score (nSPS) is 24.8. The molecule has 2 fully saturated rings. The van der Waals surface area contributed by atoms with Crippen LogP contribution in [0.3, 0.4) is 0 Å². The molecule has 1 aliphatic heterocycles. The molecule has 0 radical (unpaired) electrons. The number of hydrogen-bond acceptors (Lipinski definition) is 2. The second kappa shape index (κ2) is 8.16. The lowest BCUT2D eigenvalue weighted by atomic mass is 9.70. The summed E-state index contributed by atoms with van der Waals surface area (Å²) in [6, 6.07) is 21.4. The van der Waals surface area contributed by atoms with Gasteiger partial charge in [0.05, 0.1) is 12.7 Å². The average Bonchev–Trinajstić information content (AvgIpc) is 2.63. The van der Waals surface area contributed by atoms with Crippen LogP contribution in [0.2, 0.25) is 0 Å². The number of ether oxygens (including phenoxy) is 1. The Kier molecular flexibility index (Phi) is 5.49. The molecule has 25 heavy (non-hydrogen) atoms. The largest absolute Gasteiger partial charge is 0.374 e. The molecule has 0 bridgehead atoms. The van der Waals surface area contributed by atoms with Gasteiger partial charge in [0, 0.05) is 6.54 Å². The molecule has 0 spiro atoms. The van der Waals surface area contributed by atoms with E-state index in [0.717, 1.165) is 25.0 Å². The standard InChI is InChI=1S/C23H29NO/c1-3-7-19(8-4-1)17-24-13-11-21(12-14-24)22-15-23(16-22)25-18-20-9-5-2-6-10-20/h1-10,21-23H,11-18H2. The average molecular weight is 335 g/mol. The Balaban J connectivity index is 1.15. The van der Waals surface area contributed by atoms with Crippen LogP contribution in [-0.2, 0) is 17.9 Å². The fourth-order valence-corrected chi connectivity index (χ4v) is 4.34. The van der Waals surface area contributed by atoms with Crippen LogP contribution in [0.15, 0.2) is 60.7 Å². The van der Waals surface area contributed by atoms with Gasteiger partial charge in [-0.25, -0.2) is 0 Å². The van der Waals surface area contributed by atoms with Gasteiger partial charge in [-0.05, 0) is 61.7 Å². The van der Waals surface area contributed by atoms with Crippen LogP contribution in [0.25, 0.3) is 0 Å². The van der Waals surface area contributed by atoms with E-state index in [-0.39, 0.29) is 0 Å². The van der Waals surface area contributed by atoms with E-state index in [4.69, 9.17) is 4.74 Å². The summed E-state index contributed by atoms with van der Waals surface area (Å²) >= 11 is 0. The molecule has 0 amide bonds. The van der Waals surface area contributed by atoms with Gasteiger partial charge in [0.25, 0.3) is 0 Å². The van der Waals surface area contributed by atoms with E-state index >= 15 is 0 Å². The summed E-state index contributed by atoms with van der Waals surface area (Å²) in [5.41, 5.74) is 2.74. The second-order valence-corrected chi connectivity index (χ2v) is 7.75. The molecule has 1 saturated carbocycles. The lowest BCUT2D eigenvalue weighted by Crippen LogP contribution is -2.41. The quantitative estimate of drug-likeness (QED) is 0.745. The van der Waals surface area contributed by atoms with Gasteiger partial charge in [-0.1, -0.05) is 60.7 Å². The third-order valence-electron chi connectivity index (χ3n) is 6.01. The van der Waals surface area contributed by atoms with Crippen molar-refractivity contribution in [2.75, 3.05) is 13.1 Å². The molecule has 2 nitrogen and oxygen atoms in total. The van der Waals surface area contributed by atoms with E-state index in [0.29, 0.717) is 6.10 Å². The van der Waals surface area contributed by atoms with Crippen molar-refractivity contribution in [2.24, 2.45) is 11.8 Å². The zero-order valence-electron chi connectivity index (χ0n) is 15.0. The van der Waals surface area contributed by atoms with Crippen molar-refractivity contribution in [3.8, 4) is 0 Å². The van der Waals surface area contributed by atoms with E-state index in [1.54, 1.807) is 0 Å². The Morgan fingerprint density at radius 3 is 2.00 bits per heavy atom. The molecule has 0 aromatic heterocycles. The highest BCUT2D eigenvalue weighted by Crippen LogP contribution is 2.40. The summed E-state index contributed by atoms with van der Waals surface area (Å²) in [6.07, 6.45) is 5.77. The summed E-state index contributed by atoms with van der Waals surface area (Å²) < 4.78 is 6.07. The Bertz CT molecular complexity index is 628. The first kappa shape index (κ1) is 16.8. The number of piperidine rings is 1. The molecule has 2 heteroatoms. The lowest BCUT2D eigenvalue weighted by Gasteiger charge is -2.43. The fourth-order valence-electron chi connectivity index (χ4n) is 4.34. The highest BCUT2D eigenvalue weighted by molar-refractivity contribution is 5.15. The van der Waals surface area contributed by atoms with Crippen molar-refractivity contribution >= 4 is 0 Å². The molecule has 1 aliphatic carbocycles. The molecule has 132 valence electrons. The highest BCUT2D eigenvalue weighted by atomic mass is 16.5. The molecule has 4 rings (SSSR count). The van der Waals surface area contributed by atoms with Crippen molar-refractivity contribution < 1.29 is 4.74 Å². The number of benzene rings is 2. The van der Waals surface area contributed by atoms with Gasteiger partial charge in [0.2, 0.25) is 0 Å². The van der Waals surface area contributed by atoms with Crippen LogP contribution in [0, 0.1) is 11.8 Å². The predicted octanol–water partition coefficient (Wildman–Crippen LogP) is 4.89. The van der Waals surface area contributed by atoms with Gasteiger partial charge in [-0.3, -0.25) is 4.90 Å². The van der Waals surface area contributed by atoms with E-state index < -0.39 is 0 Å². The van der Waals surface area contributed by atoms with Gasteiger partial charge in [-0.2, -0.15) is 0 Å². The van der Waals surface area contributed by atoms with Gasteiger partial charge < -0.3 is 4.74 Å². The van der Waals surface area contributed by atoms with Crippen molar-refractivity contribution in [2.45, 2.75) is 44.9 Å². The molecular formula is C23H29NO. The minimum Gasteiger partial charge on any atom is -0.374 e. The minimum atomic E-state index is 0.493. The van der Waals surface area contributed by atoms with E-state index in [2.05, 4.69) is 65.6 Å². The van der Waals surface area contributed by atoms with Crippen LogP contribution in [0.1, 0.15) is 36.8 Å². The van der Waals surface area contributed by atoms with Crippen molar-refractivity contribution in [1.82, 2.24) is 4.90 Å². The maximum atomic E-state index is 6.07. The first-order valence-electron chi connectivity index (χ1n) is 9.78. The van der Waals surface area contributed by atoms with Gasteiger partial charge in [0.1, 0.15) is 0 Å². The summed E-state index contributed by atoms with van der Waals surface area (Å²) in [5.74, 6) is 1.82. The molecule has 2 aromatic rings. The number of rotatable bonds is 6. The Labute approximate surface area is 151 Å². The lowest BCUT2D eigenvalue weighted by molar-refractivity contribution is -0.0638. The Morgan fingerprint density at radius 1 is 0.760 bits per heavy atom. The van der Waals surface area contributed by atoms with Crippen LogP contribution in [0.4, 0.5) is 0 Å². The molecule has 0 atom stereocenters. The molecule has 1 saturated heterocycles. The SMILES string of the molecule is c1ccc(COC2CC(C3CCN(Cc4ccccc4)CC3)C2)cc1. The Hall–Kier alpha value is -1.64. The maximum absolute atomic E-state index is 6.07. The van der Waals surface area contributed by atoms with Crippen LogP contribution in [0.5, 0.6) is 0 Å². The number of nitrogens with zero attached hydrogens (tertiary/aromatic N) is 1. The molecule has 0 unspecified atom stereocenters. The summed E-state index contributed by atoms with van der Waals surface area (Å²) in [4.78, 5) is 2.62. The molecule has 2 aliphatic rings.